The van der Waals surface area contributed by atoms with E-state index in [4.69, 9.17) is 11.6 Å². The Morgan fingerprint density at radius 1 is 1.45 bits per heavy atom. The molecule has 0 radical (unpaired) electrons. The van der Waals surface area contributed by atoms with Crippen LogP contribution in [0.5, 0.6) is 0 Å². The van der Waals surface area contributed by atoms with E-state index in [0.29, 0.717) is 11.6 Å². The predicted octanol–water partition coefficient (Wildman–Crippen LogP) is 2.81. The summed E-state index contributed by atoms with van der Waals surface area (Å²) in [6.45, 7) is 3.97. The number of carbonyl (C=O) groups is 1. The molecule has 2 rings (SSSR count). The highest BCUT2D eigenvalue weighted by Crippen LogP contribution is 2.19. The van der Waals surface area contributed by atoms with E-state index in [1.807, 2.05) is 47.9 Å². The van der Waals surface area contributed by atoms with Crippen LogP contribution in [0.15, 0.2) is 36.7 Å². The number of aromatic nitrogens is 2. The molecule has 0 bridgehead atoms. The maximum absolute atomic E-state index is 12.0. The summed E-state index contributed by atoms with van der Waals surface area (Å²) in [7, 11) is 1.94. The molecule has 1 N–H and O–H groups in total. The van der Waals surface area contributed by atoms with Crippen molar-refractivity contribution in [3.63, 3.8) is 0 Å². The van der Waals surface area contributed by atoms with Crippen LogP contribution < -0.4 is 5.32 Å². The number of hydrogen-bond acceptors (Lipinski definition) is 3. The number of carbonyl (C=O) groups excluding carboxylic acids is 1. The van der Waals surface area contributed by atoms with E-state index in [2.05, 4.69) is 10.4 Å². The average molecular weight is 321 g/mol. The minimum atomic E-state index is -0.0247. The van der Waals surface area contributed by atoms with Crippen molar-refractivity contribution >= 4 is 23.2 Å². The first-order chi connectivity index (χ1) is 10.5. The second-order valence-electron chi connectivity index (χ2n) is 5.37. The minimum absolute atomic E-state index is 0.0247. The summed E-state index contributed by atoms with van der Waals surface area (Å²) in [5.41, 5.74) is 1.73. The average Bonchev–Trinajstić information content (AvgIpc) is 2.96. The van der Waals surface area contributed by atoms with Crippen LogP contribution in [0.2, 0.25) is 5.02 Å². The van der Waals surface area contributed by atoms with E-state index in [9.17, 15) is 4.79 Å². The van der Waals surface area contributed by atoms with Gasteiger partial charge >= 0.3 is 0 Å². The number of halogens is 1. The van der Waals surface area contributed by atoms with Gasteiger partial charge < -0.3 is 5.32 Å². The molecule has 0 atom stereocenters. The molecule has 118 valence electrons. The number of nitrogens with one attached hydrogen (secondary N) is 1. The number of anilines is 1. The Labute approximate surface area is 135 Å². The first kappa shape index (κ1) is 16.5. The highest BCUT2D eigenvalue weighted by atomic mass is 35.5. The molecule has 2 aromatic rings. The smallest absolute Gasteiger partial charge is 0.238 e. The molecule has 0 aliphatic carbocycles. The van der Waals surface area contributed by atoms with Gasteiger partial charge in [-0.25, -0.2) is 0 Å². The van der Waals surface area contributed by atoms with Gasteiger partial charge in [0, 0.05) is 36.2 Å². The van der Waals surface area contributed by atoms with Crippen molar-refractivity contribution in [2.45, 2.75) is 19.9 Å². The lowest BCUT2D eigenvalue weighted by molar-refractivity contribution is -0.117. The number of amides is 1. The third kappa shape index (κ3) is 5.16. The molecule has 0 aliphatic heterocycles. The minimum Gasteiger partial charge on any atom is -0.325 e. The zero-order valence-electron chi connectivity index (χ0n) is 12.9. The molecule has 0 saturated carbocycles. The molecule has 22 heavy (non-hydrogen) atoms. The zero-order valence-corrected chi connectivity index (χ0v) is 13.7. The van der Waals surface area contributed by atoms with Gasteiger partial charge in [-0.05, 0) is 50.2 Å². The Morgan fingerprint density at radius 2 is 2.27 bits per heavy atom. The summed E-state index contributed by atoms with van der Waals surface area (Å²) in [4.78, 5) is 14.0. The normalized spacial score (nSPS) is 10.9. The van der Waals surface area contributed by atoms with Gasteiger partial charge in [-0.1, -0.05) is 11.6 Å². The van der Waals surface area contributed by atoms with Crippen molar-refractivity contribution in [3.05, 3.63) is 47.2 Å². The molecule has 1 amide bonds. The summed E-state index contributed by atoms with van der Waals surface area (Å²) >= 11 is 5.97. The Morgan fingerprint density at radius 3 is 2.95 bits per heavy atom. The van der Waals surface area contributed by atoms with E-state index in [0.717, 1.165) is 30.8 Å². The highest BCUT2D eigenvalue weighted by Gasteiger charge is 2.07. The second kappa shape index (κ2) is 7.96. The van der Waals surface area contributed by atoms with Crippen molar-refractivity contribution in [1.82, 2.24) is 14.7 Å². The van der Waals surface area contributed by atoms with Gasteiger partial charge in [0.25, 0.3) is 0 Å². The number of rotatable bonds is 7. The van der Waals surface area contributed by atoms with Crippen LogP contribution in [0, 0.1) is 6.92 Å². The molecule has 0 saturated heterocycles. The number of hydrogen-bond donors (Lipinski definition) is 1. The summed E-state index contributed by atoms with van der Waals surface area (Å²) in [6.07, 6.45) is 4.66. The Hall–Kier alpha value is -1.85. The second-order valence-corrected chi connectivity index (χ2v) is 5.78. The lowest BCUT2D eigenvalue weighted by atomic mass is 10.2. The van der Waals surface area contributed by atoms with Crippen molar-refractivity contribution < 1.29 is 4.79 Å². The largest absolute Gasteiger partial charge is 0.325 e. The topological polar surface area (TPSA) is 50.2 Å². The van der Waals surface area contributed by atoms with E-state index in [1.54, 1.807) is 12.3 Å². The van der Waals surface area contributed by atoms with Gasteiger partial charge in [0.15, 0.2) is 0 Å². The Balaban J connectivity index is 1.72. The predicted molar refractivity (Wildman–Crippen MR) is 89.2 cm³/mol. The molecule has 0 fully saturated rings. The van der Waals surface area contributed by atoms with Crippen molar-refractivity contribution in [3.8, 4) is 0 Å². The van der Waals surface area contributed by atoms with Gasteiger partial charge in [0.05, 0.1) is 6.54 Å². The monoisotopic (exact) mass is 320 g/mol. The van der Waals surface area contributed by atoms with Crippen LogP contribution in [0.3, 0.4) is 0 Å². The molecule has 0 spiro atoms. The lowest BCUT2D eigenvalue weighted by Gasteiger charge is -2.16. The SMILES string of the molecule is Cc1cc(NC(=O)CN(C)CCCn2cccn2)ccc1Cl. The first-order valence-electron chi connectivity index (χ1n) is 7.26. The van der Waals surface area contributed by atoms with Crippen molar-refractivity contribution in [2.75, 3.05) is 25.5 Å². The fourth-order valence-corrected chi connectivity index (χ4v) is 2.30. The fraction of sp³-hybridized carbons (Fsp3) is 0.375. The molecule has 1 aromatic heterocycles. The maximum Gasteiger partial charge on any atom is 0.238 e. The van der Waals surface area contributed by atoms with Crippen LogP contribution in [0.4, 0.5) is 5.69 Å². The zero-order chi connectivity index (χ0) is 15.9. The maximum atomic E-state index is 12.0. The molecule has 1 aromatic carbocycles. The Kier molecular flexibility index (Phi) is 5.98. The summed E-state index contributed by atoms with van der Waals surface area (Å²) in [6, 6.07) is 7.38. The summed E-state index contributed by atoms with van der Waals surface area (Å²) < 4.78 is 1.89. The molecule has 6 heteroatoms. The molecule has 0 unspecified atom stereocenters. The van der Waals surface area contributed by atoms with Gasteiger partial charge in [0.2, 0.25) is 5.91 Å². The molecular formula is C16H21ClN4O. The van der Waals surface area contributed by atoms with Crippen LogP contribution in [-0.4, -0.2) is 40.7 Å². The number of benzene rings is 1. The molecule has 1 heterocycles. The summed E-state index contributed by atoms with van der Waals surface area (Å²) in [5.74, 6) is -0.0247. The van der Waals surface area contributed by atoms with Crippen LogP contribution in [0.1, 0.15) is 12.0 Å². The van der Waals surface area contributed by atoms with E-state index in [1.165, 1.54) is 0 Å². The van der Waals surface area contributed by atoms with Gasteiger partial charge in [-0.3, -0.25) is 14.4 Å². The van der Waals surface area contributed by atoms with Gasteiger partial charge in [0.1, 0.15) is 0 Å². The van der Waals surface area contributed by atoms with Gasteiger partial charge in [-0.15, -0.1) is 0 Å². The van der Waals surface area contributed by atoms with Crippen LogP contribution in [-0.2, 0) is 11.3 Å². The standard InChI is InChI=1S/C16H21ClN4O/c1-13-11-14(5-6-15(13)17)19-16(22)12-20(2)8-4-10-21-9-3-7-18-21/h3,5-7,9,11H,4,8,10,12H2,1-2H3,(H,19,22). The van der Waals surface area contributed by atoms with Crippen LogP contribution >= 0.6 is 11.6 Å². The highest BCUT2D eigenvalue weighted by molar-refractivity contribution is 6.31. The van der Waals surface area contributed by atoms with E-state index < -0.39 is 0 Å². The number of aryl methyl sites for hydroxylation is 2. The van der Waals surface area contributed by atoms with Crippen LogP contribution in [0.25, 0.3) is 0 Å². The number of nitrogens with zero attached hydrogens (tertiary/aromatic N) is 3. The third-order valence-electron chi connectivity index (χ3n) is 3.34. The van der Waals surface area contributed by atoms with E-state index in [-0.39, 0.29) is 5.91 Å². The summed E-state index contributed by atoms with van der Waals surface area (Å²) in [5, 5.41) is 7.74. The molecule has 5 nitrogen and oxygen atoms in total. The van der Waals surface area contributed by atoms with E-state index >= 15 is 0 Å². The van der Waals surface area contributed by atoms with Crippen molar-refractivity contribution in [2.24, 2.45) is 0 Å². The van der Waals surface area contributed by atoms with Gasteiger partial charge in [-0.2, -0.15) is 5.10 Å². The fourth-order valence-electron chi connectivity index (χ4n) is 2.18. The number of likely N-dealkylation sites (N-methyl/N-ethyl adjacent to an activating group) is 1. The Bertz CT molecular complexity index is 613. The van der Waals surface area contributed by atoms with Crippen molar-refractivity contribution in [1.29, 1.82) is 0 Å². The molecule has 0 aliphatic rings. The quantitative estimate of drug-likeness (QED) is 0.853. The lowest BCUT2D eigenvalue weighted by Crippen LogP contribution is -2.31. The third-order valence-corrected chi connectivity index (χ3v) is 3.77. The first-order valence-corrected chi connectivity index (χ1v) is 7.64. The molecular weight excluding hydrogens is 300 g/mol.